The molecule has 0 spiro atoms. The van der Waals surface area contributed by atoms with E-state index in [4.69, 9.17) is 0 Å². The summed E-state index contributed by atoms with van der Waals surface area (Å²) >= 11 is 1.58. The van der Waals surface area contributed by atoms with Crippen molar-refractivity contribution in [1.82, 2.24) is 19.9 Å². The normalized spacial score (nSPS) is 17.7. The van der Waals surface area contributed by atoms with E-state index >= 15 is 0 Å². The fourth-order valence-electron chi connectivity index (χ4n) is 3.50. The molecule has 1 fully saturated rings. The van der Waals surface area contributed by atoms with E-state index in [2.05, 4.69) is 25.2 Å². The van der Waals surface area contributed by atoms with Gasteiger partial charge in [0.2, 0.25) is 5.91 Å². The molecule has 0 saturated carbocycles. The largest absolute Gasteiger partial charge is 0.349 e. The number of carbonyl (C=O) groups excluding carboxylic acids is 1. The number of amides is 1. The van der Waals surface area contributed by atoms with Gasteiger partial charge in [0, 0.05) is 48.5 Å². The van der Waals surface area contributed by atoms with Crippen LogP contribution in [0.2, 0.25) is 0 Å². The van der Waals surface area contributed by atoms with Gasteiger partial charge in [-0.1, -0.05) is 12.1 Å². The van der Waals surface area contributed by atoms with Gasteiger partial charge in [-0.2, -0.15) is 0 Å². The number of imidazole rings is 1. The van der Waals surface area contributed by atoms with Crippen LogP contribution in [0, 0.1) is 5.92 Å². The van der Waals surface area contributed by atoms with Crippen molar-refractivity contribution in [3.05, 3.63) is 53.4 Å². The van der Waals surface area contributed by atoms with Gasteiger partial charge in [0.05, 0.1) is 17.1 Å². The first-order valence-electron chi connectivity index (χ1n) is 9.28. The van der Waals surface area contributed by atoms with E-state index in [0.717, 1.165) is 61.7 Å². The summed E-state index contributed by atoms with van der Waals surface area (Å²) in [5, 5.41) is 5.09. The number of nitrogens with one attached hydrogen (secondary N) is 2. The standard InChI is InChI=1S/C20H23N5OS/c26-20(24-17-5-3-15(4-6-17)18-13-27-14-23-18)16-2-1-10-25(12-16)11-7-19-21-8-9-22-19/h3-6,8-9,13-14,16H,1-2,7,10-12H2,(H,21,22)(H,24,26)/t16-/m0/s1. The lowest BCUT2D eigenvalue weighted by molar-refractivity contribution is -0.121. The molecule has 1 aliphatic heterocycles. The molecule has 1 aliphatic rings. The number of H-pyrrole nitrogens is 1. The zero-order valence-electron chi connectivity index (χ0n) is 15.1. The molecule has 140 valence electrons. The van der Waals surface area contributed by atoms with Crippen molar-refractivity contribution in [2.45, 2.75) is 19.3 Å². The van der Waals surface area contributed by atoms with Gasteiger partial charge in [-0.3, -0.25) is 4.79 Å². The molecule has 6 nitrogen and oxygen atoms in total. The maximum absolute atomic E-state index is 12.7. The number of nitrogens with zero attached hydrogens (tertiary/aromatic N) is 3. The van der Waals surface area contributed by atoms with Crippen LogP contribution in [0.5, 0.6) is 0 Å². The lowest BCUT2D eigenvalue weighted by atomic mass is 9.97. The third kappa shape index (κ3) is 4.61. The molecular weight excluding hydrogens is 358 g/mol. The van der Waals surface area contributed by atoms with Gasteiger partial charge in [-0.25, -0.2) is 9.97 Å². The summed E-state index contributed by atoms with van der Waals surface area (Å²) in [4.78, 5) is 26.8. The maximum Gasteiger partial charge on any atom is 0.228 e. The van der Waals surface area contributed by atoms with E-state index < -0.39 is 0 Å². The van der Waals surface area contributed by atoms with E-state index in [0.29, 0.717) is 0 Å². The lowest BCUT2D eigenvalue weighted by Crippen LogP contribution is -2.41. The maximum atomic E-state index is 12.7. The van der Waals surface area contributed by atoms with Gasteiger partial charge in [-0.05, 0) is 31.5 Å². The van der Waals surface area contributed by atoms with Gasteiger partial charge in [0.1, 0.15) is 5.82 Å². The number of thiazole rings is 1. The quantitative estimate of drug-likeness (QED) is 0.686. The van der Waals surface area contributed by atoms with E-state index in [1.807, 2.05) is 41.4 Å². The molecule has 1 saturated heterocycles. The second kappa shape index (κ2) is 8.45. The van der Waals surface area contributed by atoms with Gasteiger partial charge in [-0.15, -0.1) is 11.3 Å². The van der Waals surface area contributed by atoms with E-state index in [1.54, 1.807) is 17.5 Å². The minimum atomic E-state index is 0.0357. The third-order valence-electron chi connectivity index (χ3n) is 4.98. The van der Waals surface area contributed by atoms with Crippen LogP contribution >= 0.6 is 11.3 Å². The molecule has 0 unspecified atom stereocenters. The summed E-state index contributed by atoms with van der Waals surface area (Å²) in [6.45, 7) is 2.79. The highest BCUT2D eigenvalue weighted by Crippen LogP contribution is 2.23. The highest BCUT2D eigenvalue weighted by atomic mass is 32.1. The summed E-state index contributed by atoms with van der Waals surface area (Å²) in [6, 6.07) is 7.90. The van der Waals surface area contributed by atoms with Crippen molar-refractivity contribution in [3.63, 3.8) is 0 Å². The van der Waals surface area contributed by atoms with Gasteiger partial charge >= 0.3 is 0 Å². The average molecular weight is 382 g/mol. The van der Waals surface area contributed by atoms with Crippen LogP contribution in [0.25, 0.3) is 11.3 Å². The fraction of sp³-hybridized carbons (Fsp3) is 0.350. The van der Waals surface area contributed by atoms with Crippen LogP contribution in [-0.2, 0) is 11.2 Å². The number of piperidine rings is 1. The first-order chi connectivity index (χ1) is 13.3. The van der Waals surface area contributed by atoms with Gasteiger partial charge < -0.3 is 15.2 Å². The topological polar surface area (TPSA) is 73.9 Å². The summed E-state index contributed by atoms with van der Waals surface area (Å²) < 4.78 is 0. The minimum absolute atomic E-state index is 0.0357. The molecule has 3 aromatic rings. The molecule has 0 radical (unpaired) electrons. The highest BCUT2D eigenvalue weighted by molar-refractivity contribution is 7.07. The number of aromatic nitrogens is 3. The monoisotopic (exact) mass is 381 g/mol. The number of hydrogen-bond donors (Lipinski definition) is 2. The van der Waals surface area contributed by atoms with Crippen molar-refractivity contribution in [1.29, 1.82) is 0 Å². The summed E-state index contributed by atoms with van der Waals surface area (Å²) in [5.41, 5.74) is 4.70. The lowest BCUT2D eigenvalue weighted by Gasteiger charge is -2.31. The van der Waals surface area contributed by atoms with Crippen molar-refractivity contribution >= 4 is 22.9 Å². The molecule has 1 amide bonds. The Bertz CT molecular complexity index is 845. The summed E-state index contributed by atoms with van der Waals surface area (Å²) in [5.74, 6) is 1.15. The second-order valence-corrected chi connectivity index (χ2v) is 7.58. The molecule has 3 heterocycles. The number of benzene rings is 1. The Balaban J connectivity index is 1.30. The molecule has 27 heavy (non-hydrogen) atoms. The second-order valence-electron chi connectivity index (χ2n) is 6.87. The smallest absolute Gasteiger partial charge is 0.228 e. The first kappa shape index (κ1) is 17.9. The Labute approximate surface area is 162 Å². The molecule has 2 aromatic heterocycles. The SMILES string of the molecule is O=C(Nc1ccc(-c2cscn2)cc1)[C@H]1CCCN(CCc2ncc[nH]2)C1. The number of aromatic amines is 1. The molecule has 1 aromatic carbocycles. The molecule has 4 rings (SSSR count). The van der Waals surface area contributed by atoms with Crippen LogP contribution in [0.15, 0.2) is 47.5 Å². The Morgan fingerprint density at radius 2 is 2.19 bits per heavy atom. The summed E-state index contributed by atoms with van der Waals surface area (Å²) in [6.07, 6.45) is 6.52. The van der Waals surface area contributed by atoms with Crippen molar-refractivity contribution in [2.24, 2.45) is 5.92 Å². The zero-order valence-corrected chi connectivity index (χ0v) is 15.9. The number of hydrogen-bond acceptors (Lipinski definition) is 5. The van der Waals surface area contributed by atoms with E-state index in [-0.39, 0.29) is 11.8 Å². The summed E-state index contributed by atoms with van der Waals surface area (Å²) in [7, 11) is 0. The number of carbonyl (C=O) groups is 1. The van der Waals surface area contributed by atoms with Crippen LogP contribution in [0.4, 0.5) is 5.69 Å². The molecule has 2 N–H and O–H groups in total. The van der Waals surface area contributed by atoms with E-state index in [9.17, 15) is 4.79 Å². The van der Waals surface area contributed by atoms with Gasteiger partial charge in [0.15, 0.2) is 0 Å². The van der Waals surface area contributed by atoms with Crippen LogP contribution in [0.3, 0.4) is 0 Å². The molecular formula is C20H23N5OS. The number of likely N-dealkylation sites (tertiary alicyclic amines) is 1. The third-order valence-corrected chi connectivity index (χ3v) is 5.56. The first-order valence-corrected chi connectivity index (χ1v) is 10.2. The molecule has 1 atom stereocenters. The predicted molar refractivity (Wildman–Crippen MR) is 108 cm³/mol. The van der Waals surface area contributed by atoms with Crippen LogP contribution < -0.4 is 5.32 Å². The van der Waals surface area contributed by atoms with E-state index in [1.165, 1.54) is 0 Å². The minimum Gasteiger partial charge on any atom is -0.349 e. The zero-order chi connectivity index (χ0) is 18.5. The Morgan fingerprint density at radius 3 is 2.93 bits per heavy atom. The van der Waals surface area contributed by atoms with Gasteiger partial charge in [0.25, 0.3) is 0 Å². The molecule has 0 aliphatic carbocycles. The van der Waals surface area contributed by atoms with Crippen molar-refractivity contribution in [2.75, 3.05) is 25.0 Å². The highest BCUT2D eigenvalue weighted by Gasteiger charge is 2.25. The Hall–Kier alpha value is -2.51. The Kier molecular flexibility index (Phi) is 5.60. The fourth-order valence-corrected chi connectivity index (χ4v) is 4.06. The van der Waals surface area contributed by atoms with Crippen molar-refractivity contribution in [3.8, 4) is 11.3 Å². The number of rotatable bonds is 6. The van der Waals surface area contributed by atoms with Crippen LogP contribution in [0.1, 0.15) is 18.7 Å². The molecule has 7 heteroatoms. The predicted octanol–water partition coefficient (Wildman–Crippen LogP) is 3.43. The Morgan fingerprint density at radius 1 is 1.30 bits per heavy atom. The number of anilines is 1. The van der Waals surface area contributed by atoms with Crippen molar-refractivity contribution < 1.29 is 4.79 Å². The van der Waals surface area contributed by atoms with Crippen LogP contribution in [-0.4, -0.2) is 45.4 Å². The average Bonchev–Trinajstić information content (AvgIpc) is 3.41. The molecule has 0 bridgehead atoms.